The van der Waals surface area contributed by atoms with E-state index in [1.54, 1.807) is 12.1 Å². The molecule has 1 N–H and O–H groups in total. The summed E-state index contributed by atoms with van der Waals surface area (Å²) in [6, 6.07) is 9.06. The number of benzene rings is 1. The highest BCUT2D eigenvalue weighted by atomic mass is 16.7. The quantitative estimate of drug-likeness (QED) is 0.571. The minimum atomic E-state index is -1.30. The van der Waals surface area contributed by atoms with Gasteiger partial charge in [-0.25, -0.2) is 4.79 Å². The molecule has 0 bridgehead atoms. The van der Waals surface area contributed by atoms with Crippen molar-refractivity contribution in [1.82, 2.24) is 0 Å². The fourth-order valence-corrected chi connectivity index (χ4v) is 1.00. The van der Waals surface area contributed by atoms with Crippen LogP contribution in [0.15, 0.2) is 43.0 Å². The fourth-order valence-electron chi connectivity index (χ4n) is 1.00. The molecule has 0 aliphatic carbocycles. The second-order valence-corrected chi connectivity index (χ2v) is 2.45. The molecule has 0 aromatic heterocycles. The molecular formula is C10H10O3. The maximum Gasteiger partial charge on any atom is 0.506 e. The molecule has 1 rings (SSSR count). The maximum absolute atomic E-state index is 10.3. The number of carbonyl (C=O) groups is 1. The number of rotatable bonds is 3. The second kappa shape index (κ2) is 4.30. The summed E-state index contributed by atoms with van der Waals surface area (Å²) in [6.45, 7) is 3.50. The number of hydrogen-bond donors (Lipinski definition) is 1. The highest BCUT2D eigenvalue weighted by molar-refractivity contribution is 5.57. The summed E-state index contributed by atoms with van der Waals surface area (Å²) in [5.41, 5.74) is 0.778. The first-order valence-electron chi connectivity index (χ1n) is 3.81. The Balaban J connectivity index is 2.78. The monoisotopic (exact) mass is 178 g/mol. The van der Waals surface area contributed by atoms with Gasteiger partial charge in [-0.1, -0.05) is 36.9 Å². The Kier molecular flexibility index (Phi) is 3.09. The van der Waals surface area contributed by atoms with Crippen molar-refractivity contribution in [1.29, 1.82) is 0 Å². The molecule has 1 unspecified atom stereocenters. The SMILES string of the molecule is C=CC(OC(=O)O)c1ccccc1. The Hall–Kier alpha value is -1.77. The van der Waals surface area contributed by atoms with E-state index in [1.165, 1.54) is 6.08 Å². The van der Waals surface area contributed by atoms with Gasteiger partial charge in [-0.3, -0.25) is 0 Å². The van der Waals surface area contributed by atoms with Gasteiger partial charge in [0.1, 0.15) is 6.10 Å². The van der Waals surface area contributed by atoms with Crippen molar-refractivity contribution in [2.75, 3.05) is 0 Å². The fraction of sp³-hybridized carbons (Fsp3) is 0.100. The highest BCUT2D eigenvalue weighted by Crippen LogP contribution is 2.17. The molecule has 1 aromatic rings. The summed E-state index contributed by atoms with van der Waals surface area (Å²) in [7, 11) is 0. The predicted molar refractivity (Wildman–Crippen MR) is 48.5 cm³/mol. The van der Waals surface area contributed by atoms with Crippen LogP contribution in [0.4, 0.5) is 4.79 Å². The first-order valence-corrected chi connectivity index (χ1v) is 3.81. The molecule has 0 saturated carbocycles. The van der Waals surface area contributed by atoms with E-state index in [2.05, 4.69) is 11.3 Å². The minimum Gasteiger partial charge on any atom is -0.450 e. The Labute approximate surface area is 76.3 Å². The predicted octanol–water partition coefficient (Wildman–Crippen LogP) is 2.61. The molecule has 3 heteroatoms. The van der Waals surface area contributed by atoms with Crippen molar-refractivity contribution in [3.05, 3.63) is 48.6 Å². The van der Waals surface area contributed by atoms with Gasteiger partial charge in [0, 0.05) is 0 Å². The zero-order valence-electron chi connectivity index (χ0n) is 7.01. The van der Waals surface area contributed by atoms with Crippen LogP contribution in [0.25, 0.3) is 0 Å². The zero-order chi connectivity index (χ0) is 9.68. The number of carboxylic acid groups (broad SMARTS) is 1. The summed E-state index contributed by atoms with van der Waals surface area (Å²) >= 11 is 0. The lowest BCUT2D eigenvalue weighted by Gasteiger charge is -2.10. The third-order valence-electron chi connectivity index (χ3n) is 1.57. The van der Waals surface area contributed by atoms with Gasteiger partial charge in [0.05, 0.1) is 0 Å². The smallest absolute Gasteiger partial charge is 0.450 e. The topological polar surface area (TPSA) is 46.5 Å². The Morgan fingerprint density at radius 3 is 2.54 bits per heavy atom. The van der Waals surface area contributed by atoms with Gasteiger partial charge in [-0.15, -0.1) is 0 Å². The lowest BCUT2D eigenvalue weighted by Crippen LogP contribution is -2.06. The molecular weight excluding hydrogens is 168 g/mol. The van der Waals surface area contributed by atoms with Crippen LogP contribution < -0.4 is 0 Å². The van der Waals surface area contributed by atoms with Crippen LogP contribution in [-0.2, 0) is 4.74 Å². The van der Waals surface area contributed by atoms with Crippen molar-refractivity contribution >= 4 is 6.16 Å². The molecule has 1 atom stereocenters. The standard InChI is InChI=1S/C10H10O3/c1-2-9(13-10(11)12)8-6-4-3-5-7-8/h2-7,9H,1H2,(H,11,12). The Morgan fingerprint density at radius 1 is 1.46 bits per heavy atom. The summed E-state index contributed by atoms with van der Waals surface area (Å²) in [6.07, 6.45) is -0.434. The van der Waals surface area contributed by atoms with Crippen molar-refractivity contribution in [3.8, 4) is 0 Å². The summed E-state index contributed by atoms with van der Waals surface area (Å²) in [5, 5.41) is 8.41. The summed E-state index contributed by atoms with van der Waals surface area (Å²) in [4.78, 5) is 10.3. The van der Waals surface area contributed by atoms with E-state index in [4.69, 9.17) is 5.11 Å². The van der Waals surface area contributed by atoms with Crippen molar-refractivity contribution in [2.45, 2.75) is 6.10 Å². The lowest BCUT2D eigenvalue weighted by atomic mass is 10.1. The average molecular weight is 178 g/mol. The third-order valence-corrected chi connectivity index (χ3v) is 1.57. The Bertz CT molecular complexity index is 292. The van der Waals surface area contributed by atoms with Crippen LogP contribution in [0.5, 0.6) is 0 Å². The van der Waals surface area contributed by atoms with Gasteiger partial charge in [-0.2, -0.15) is 0 Å². The van der Waals surface area contributed by atoms with Gasteiger partial charge < -0.3 is 9.84 Å². The van der Waals surface area contributed by atoms with Crippen molar-refractivity contribution < 1.29 is 14.6 Å². The van der Waals surface area contributed by atoms with Crippen LogP contribution in [-0.4, -0.2) is 11.3 Å². The molecule has 0 radical (unpaired) electrons. The van der Waals surface area contributed by atoms with Gasteiger partial charge in [-0.05, 0) is 11.6 Å². The first-order chi connectivity index (χ1) is 6.24. The van der Waals surface area contributed by atoms with Gasteiger partial charge >= 0.3 is 6.16 Å². The molecule has 0 heterocycles. The molecule has 0 amide bonds. The molecule has 68 valence electrons. The molecule has 0 aliphatic rings. The zero-order valence-corrected chi connectivity index (χ0v) is 7.01. The number of hydrogen-bond acceptors (Lipinski definition) is 2. The van der Waals surface area contributed by atoms with Gasteiger partial charge in [0.15, 0.2) is 0 Å². The van der Waals surface area contributed by atoms with E-state index in [-0.39, 0.29) is 0 Å². The summed E-state index contributed by atoms with van der Waals surface area (Å²) in [5.74, 6) is 0. The van der Waals surface area contributed by atoms with Gasteiger partial charge in [0.2, 0.25) is 0 Å². The molecule has 0 aliphatic heterocycles. The first kappa shape index (κ1) is 9.32. The number of ether oxygens (including phenoxy) is 1. The van der Waals surface area contributed by atoms with Crippen LogP contribution in [0, 0.1) is 0 Å². The van der Waals surface area contributed by atoms with E-state index in [1.807, 2.05) is 18.2 Å². The third kappa shape index (κ3) is 2.63. The molecule has 0 fully saturated rings. The average Bonchev–Trinajstić information content (AvgIpc) is 2.15. The van der Waals surface area contributed by atoms with Crippen LogP contribution >= 0.6 is 0 Å². The largest absolute Gasteiger partial charge is 0.506 e. The van der Waals surface area contributed by atoms with E-state index in [9.17, 15) is 4.79 Å². The van der Waals surface area contributed by atoms with E-state index in [0.29, 0.717) is 0 Å². The highest BCUT2D eigenvalue weighted by Gasteiger charge is 2.10. The second-order valence-electron chi connectivity index (χ2n) is 2.45. The van der Waals surface area contributed by atoms with Crippen molar-refractivity contribution in [2.24, 2.45) is 0 Å². The van der Waals surface area contributed by atoms with E-state index >= 15 is 0 Å². The molecule has 0 saturated heterocycles. The van der Waals surface area contributed by atoms with Crippen LogP contribution in [0.2, 0.25) is 0 Å². The van der Waals surface area contributed by atoms with Crippen LogP contribution in [0.1, 0.15) is 11.7 Å². The normalized spacial score (nSPS) is 11.7. The maximum atomic E-state index is 10.3. The van der Waals surface area contributed by atoms with Crippen LogP contribution in [0.3, 0.4) is 0 Å². The van der Waals surface area contributed by atoms with Crippen molar-refractivity contribution in [3.63, 3.8) is 0 Å². The Morgan fingerprint density at radius 2 is 2.08 bits per heavy atom. The van der Waals surface area contributed by atoms with Gasteiger partial charge in [0.25, 0.3) is 0 Å². The molecule has 3 nitrogen and oxygen atoms in total. The molecule has 0 spiro atoms. The molecule has 1 aromatic carbocycles. The minimum absolute atomic E-state index is 0.585. The molecule has 13 heavy (non-hydrogen) atoms. The van der Waals surface area contributed by atoms with E-state index < -0.39 is 12.3 Å². The summed E-state index contributed by atoms with van der Waals surface area (Å²) < 4.78 is 4.58. The van der Waals surface area contributed by atoms with E-state index in [0.717, 1.165) is 5.56 Å². The lowest BCUT2D eigenvalue weighted by molar-refractivity contribution is 0.0691.